The number of piperidine rings is 1. The third-order valence-corrected chi connectivity index (χ3v) is 3.97. The number of carbonyl (C=O) groups excluding carboxylic acids is 1. The second kappa shape index (κ2) is 7.34. The Bertz CT molecular complexity index is 454. The summed E-state index contributed by atoms with van der Waals surface area (Å²) in [5, 5.41) is 7.08. The fraction of sp³-hybridized carbons (Fsp3) is 0.462. The summed E-state index contributed by atoms with van der Waals surface area (Å²) >= 11 is 11.9. The van der Waals surface area contributed by atoms with Gasteiger partial charge in [0.05, 0.1) is 15.6 Å². The van der Waals surface area contributed by atoms with Crippen LogP contribution in [0.5, 0.6) is 0 Å². The molecule has 2 rings (SSSR count). The van der Waals surface area contributed by atoms with E-state index < -0.39 is 0 Å². The van der Waals surface area contributed by atoms with E-state index in [1.807, 2.05) is 0 Å². The van der Waals surface area contributed by atoms with Gasteiger partial charge in [-0.05, 0) is 38.4 Å². The number of carbonyl (C=O) groups is 1. The first-order valence-electron chi connectivity index (χ1n) is 6.06. The van der Waals surface area contributed by atoms with Crippen molar-refractivity contribution in [2.24, 2.45) is 0 Å². The van der Waals surface area contributed by atoms with E-state index in [0.29, 0.717) is 21.7 Å². The Morgan fingerprint density at radius 3 is 2.84 bits per heavy atom. The Balaban J connectivity index is 0.00000180. The van der Waals surface area contributed by atoms with Crippen LogP contribution in [-0.2, 0) is 0 Å². The molecule has 2 unspecified atom stereocenters. The van der Waals surface area contributed by atoms with Gasteiger partial charge in [0, 0.05) is 12.1 Å². The van der Waals surface area contributed by atoms with Crippen LogP contribution in [0.1, 0.15) is 30.1 Å². The highest BCUT2D eigenvalue weighted by Crippen LogP contribution is 2.25. The Morgan fingerprint density at radius 1 is 1.42 bits per heavy atom. The third-order valence-electron chi connectivity index (χ3n) is 3.16. The second-order valence-electron chi connectivity index (χ2n) is 4.65. The largest absolute Gasteiger partial charge is 0.349 e. The highest BCUT2D eigenvalue weighted by atomic mass is 35.5. The highest BCUT2D eigenvalue weighted by molar-refractivity contribution is 6.43. The molecule has 2 N–H and O–H groups in total. The van der Waals surface area contributed by atoms with Crippen LogP contribution < -0.4 is 10.6 Å². The minimum atomic E-state index is -0.151. The van der Waals surface area contributed by atoms with E-state index in [1.54, 1.807) is 18.2 Å². The van der Waals surface area contributed by atoms with Crippen LogP contribution in [0.3, 0.4) is 0 Å². The van der Waals surface area contributed by atoms with Crippen LogP contribution >= 0.6 is 35.6 Å². The summed E-state index contributed by atoms with van der Waals surface area (Å²) in [6.45, 7) is 3.04. The zero-order valence-electron chi connectivity index (χ0n) is 10.6. The van der Waals surface area contributed by atoms with Crippen molar-refractivity contribution in [2.75, 3.05) is 6.54 Å². The standard InChI is InChI=1S/C13H16Cl2N2O.ClH/c1-8-7-9(5-6-16-8)17-13(18)10-3-2-4-11(14)12(10)15;/h2-4,8-9,16H,5-7H2,1H3,(H,17,18);1H. The minimum absolute atomic E-state index is 0. The van der Waals surface area contributed by atoms with Gasteiger partial charge in [-0.1, -0.05) is 29.3 Å². The van der Waals surface area contributed by atoms with Gasteiger partial charge in [-0.3, -0.25) is 4.79 Å². The van der Waals surface area contributed by atoms with Gasteiger partial charge in [-0.25, -0.2) is 0 Å². The summed E-state index contributed by atoms with van der Waals surface area (Å²) in [7, 11) is 0. The maximum absolute atomic E-state index is 12.1. The summed E-state index contributed by atoms with van der Waals surface area (Å²) in [4.78, 5) is 12.1. The molecule has 1 aliphatic rings. The first kappa shape index (κ1) is 16.6. The number of halogens is 3. The molecule has 0 bridgehead atoms. The monoisotopic (exact) mass is 322 g/mol. The van der Waals surface area contributed by atoms with E-state index in [-0.39, 0.29) is 24.4 Å². The molecule has 1 aromatic carbocycles. The van der Waals surface area contributed by atoms with Gasteiger partial charge in [-0.15, -0.1) is 12.4 Å². The fourth-order valence-electron chi connectivity index (χ4n) is 2.21. The molecule has 1 amide bonds. The van der Waals surface area contributed by atoms with E-state index in [4.69, 9.17) is 23.2 Å². The molecule has 0 saturated carbocycles. The van der Waals surface area contributed by atoms with Crippen LogP contribution in [0.4, 0.5) is 0 Å². The Kier molecular flexibility index (Phi) is 6.40. The summed E-state index contributed by atoms with van der Waals surface area (Å²) in [5.74, 6) is -0.151. The van der Waals surface area contributed by atoms with Gasteiger partial charge in [0.15, 0.2) is 0 Å². The van der Waals surface area contributed by atoms with Crippen molar-refractivity contribution in [2.45, 2.75) is 31.8 Å². The quantitative estimate of drug-likeness (QED) is 0.877. The lowest BCUT2D eigenvalue weighted by atomic mass is 10.0. The molecule has 0 radical (unpaired) electrons. The van der Waals surface area contributed by atoms with Crippen molar-refractivity contribution in [1.29, 1.82) is 0 Å². The molecule has 0 aromatic heterocycles. The number of hydrogen-bond acceptors (Lipinski definition) is 2. The lowest BCUT2D eigenvalue weighted by molar-refractivity contribution is 0.0926. The van der Waals surface area contributed by atoms with Crippen LogP contribution in [0.25, 0.3) is 0 Å². The van der Waals surface area contributed by atoms with Crippen molar-refractivity contribution in [1.82, 2.24) is 10.6 Å². The van der Waals surface area contributed by atoms with Crippen molar-refractivity contribution >= 4 is 41.5 Å². The van der Waals surface area contributed by atoms with Gasteiger partial charge in [0.2, 0.25) is 0 Å². The van der Waals surface area contributed by atoms with E-state index in [1.165, 1.54) is 0 Å². The van der Waals surface area contributed by atoms with E-state index in [2.05, 4.69) is 17.6 Å². The Hall–Kier alpha value is -0.480. The number of hydrogen-bond donors (Lipinski definition) is 2. The molecule has 0 aliphatic carbocycles. The topological polar surface area (TPSA) is 41.1 Å². The van der Waals surface area contributed by atoms with Crippen LogP contribution in [0.2, 0.25) is 10.0 Å². The average Bonchev–Trinajstić information content (AvgIpc) is 2.32. The first-order chi connectivity index (χ1) is 8.58. The van der Waals surface area contributed by atoms with Gasteiger partial charge >= 0.3 is 0 Å². The van der Waals surface area contributed by atoms with Gasteiger partial charge in [0.25, 0.3) is 5.91 Å². The number of rotatable bonds is 2. The molecule has 2 atom stereocenters. The first-order valence-corrected chi connectivity index (χ1v) is 6.82. The van der Waals surface area contributed by atoms with E-state index in [0.717, 1.165) is 19.4 Å². The van der Waals surface area contributed by atoms with Crippen molar-refractivity contribution in [3.05, 3.63) is 33.8 Å². The van der Waals surface area contributed by atoms with Crippen LogP contribution in [-0.4, -0.2) is 24.5 Å². The zero-order valence-corrected chi connectivity index (χ0v) is 12.9. The lowest BCUT2D eigenvalue weighted by Gasteiger charge is -2.28. The normalized spacial score (nSPS) is 22.5. The number of benzene rings is 1. The van der Waals surface area contributed by atoms with Crippen molar-refractivity contribution in [3.8, 4) is 0 Å². The molecule has 106 valence electrons. The Morgan fingerprint density at radius 2 is 2.16 bits per heavy atom. The molecule has 1 aromatic rings. The molecular weight excluding hydrogens is 307 g/mol. The van der Waals surface area contributed by atoms with Gasteiger partial charge < -0.3 is 10.6 Å². The van der Waals surface area contributed by atoms with Crippen molar-refractivity contribution in [3.63, 3.8) is 0 Å². The summed E-state index contributed by atoms with van der Waals surface area (Å²) < 4.78 is 0. The fourth-order valence-corrected chi connectivity index (χ4v) is 2.59. The molecule has 0 spiro atoms. The maximum atomic E-state index is 12.1. The predicted octanol–water partition coefficient (Wildman–Crippen LogP) is 3.29. The molecular formula is C13H17Cl3N2O. The summed E-state index contributed by atoms with van der Waals surface area (Å²) in [5.41, 5.74) is 0.440. The lowest BCUT2D eigenvalue weighted by Crippen LogP contribution is -2.46. The van der Waals surface area contributed by atoms with Gasteiger partial charge in [0.1, 0.15) is 0 Å². The minimum Gasteiger partial charge on any atom is -0.349 e. The number of amides is 1. The average molecular weight is 324 g/mol. The molecule has 1 aliphatic heterocycles. The summed E-state index contributed by atoms with van der Waals surface area (Å²) in [6, 6.07) is 5.72. The molecule has 1 saturated heterocycles. The van der Waals surface area contributed by atoms with Gasteiger partial charge in [-0.2, -0.15) is 0 Å². The second-order valence-corrected chi connectivity index (χ2v) is 5.44. The van der Waals surface area contributed by atoms with E-state index in [9.17, 15) is 4.79 Å². The smallest absolute Gasteiger partial charge is 0.253 e. The highest BCUT2D eigenvalue weighted by Gasteiger charge is 2.21. The summed E-state index contributed by atoms with van der Waals surface area (Å²) in [6.07, 6.45) is 1.87. The molecule has 1 fully saturated rings. The maximum Gasteiger partial charge on any atom is 0.253 e. The zero-order chi connectivity index (χ0) is 13.1. The van der Waals surface area contributed by atoms with Crippen LogP contribution in [0.15, 0.2) is 18.2 Å². The molecule has 1 heterocycles. The Labute approximate surface area is 129 Å². The third kappa shape index (κ3) is 4.25. The molecule has 6 heteroatoms. The number of nitrogens with one attached hydrogen (secondary N) is 2. The predicted molar refractivity (Wildman–Crippen MR) is 81.7 cm³/mol. The van der Waals surface area contributed by atoms with Crippen LogP contribution in [0, 0.1) is 0 Å². The molecule has 3 nitrogen and oxygen atoms in total. The molecule has 19 heavy (non-hydrogen) atoms. The SMILES string of the molecule is CC1CC(NC(=O)c2cccc(Cl)c2Cl)CCN1.Cl. The van der Waals surface area contributed by atoms with E-state index >= 15 is 0 Å². The van der Waals surface area contributed by atoms with Crippen molar-refractivity contribution < 1.29 is 4.79 Å².